The Kier molecular flexibility index (Phi) is 4.58. The van der Waals surface area contributed by atoms with E-state index in [2.05, 4.69) is 4.74 Å². The lowest BCUT2D eigenvalue weighted by Gasteiger charge is -2.03. The van der Waals surface area contributed by atoms with Gasteiger partial charge in [-0.1, -0.05) is 17.7 Å². The first-order valence-electron chi connectivity index (χ1n) is 5.03. The minimum Gasteiger partial charge on any atom is -0.497 e. The van der Waals surface area contributed by atoms with Crippen LogP contribution in [0.1, 0.15) is 12.5 Å². The maximum atomic E-state index is 11.0. The summed E-state index contributed by atoms with van der Waals surface area (Å²) in [5.74, 6) is 0.518. The van der Waals surface area contributed by atoms with E-state index in [0.717, 1.165) is 23.3 Å². The number of benzene rings is 1. The zero-order valence-corrected chi connectivity index (χ0v) is 9.82. The first-order valence-corrected chi connectivity index (χ1v) is 5.03. The smallest absolute Gasteiger partial charge is 0.330 e. The van der Waals surface area contributed by atoms with E-state index in [0.29, 0.717) is 0 Å². The summed E-state index contributed by atoms with van der Waals surface area (Å²) >= 11 is 0. The summed E-state index contributed by atoms with van der Waals surface area (Å²) in [6.45, 7) is 1.90. The highest BCUT2D eigenvalue weighted by Crippen LogP contribution is 2.14. The van der Waals surface area contributed by atoms with Crippen molar-refractivity contribution in [2.45, 2.75) is 13.3 Å². The van der Waals surface area contributed by atoms with E-state index < -0.39 is 0 Å². The number of allylic oxidation sites excluding steroid dienone is 1. The second-order valence-corrected chi connectivity index (χ2v) is 3.54. The van der Waals surface area contributed by atoms with Crippen molar-refractivity contribution in [1.82, 2.24) is 0 Å². The maximum absolute atomic E-state index is 11.0. The Morgan fingerprint density at radius 3 is 2.38 bits per heavy atom. The van der Waals surface area contributed by atoms with E-state index in [1.54, 1.807) is 7.11 Å². The summed E-state index contributed by atoms with van der Waals surface area (Å²) in [4.78, 5) is 11.0. The van der Waals surface area contributed by atoms with Gasteiger partial charge >= 0.3 is 5.97 Å². The van der Waals surface area contributed by atoms with Gasteiger partial charge in [-0.15, -0.1) is 0 Å². The molecule has 0 saturated heterocycles. The van der Waals surface area contributed by atoms with Gasteiger partial charge in [0.1, 0.15) is 5.75 Å². The third kappa shape index (κ3) is 3.77. The van der Waals surface area contributed by atoms with Crippen LogP contribution in [-0.2, 0) is 16.0 Å². The van der Waals surface area contributed by atoms with Crippen molar-refractivity contribution >= 4 is 5.97 Å². The van der Waals surface area contributed by atoms with Crippen LogP contribution in [0.4, 0.5) is 0 Å². The number of methoxy groups -OCH3 is 2. The molecule has 0 atom stereocenters. The third-order valence-electron chi connectivity index (χ3n) is 2.21. The van der Waals surface area contributed by atoms with E-state index in [1.807, 2.05) is 31.2 Å². The van der Waals surface area contributed by atoms with E-state index in [1.165, 1.54) is 13.2 Å². The number of rotatable bonds is 4. The Morgan fingerprint density at radius 1 is 1.25 bits per heavy atom. The van der Waals surface area contributed by atoms with Crippen LogP contribution in [0.5, 0.6) is 5.75 Å². The van der Waals surface area contributed by atoms with Gasteiger partial charge in [0.2, 0.25) is 0 Å². The highest BCUT2D eigenvalue weighted by atomic mass is 16.5. The lowest BCUT2D eigenvalue weighted by molar-refractivity contribution is -0.134. The molecule has 3 nitrogen and oxygen atoms in total. The normalized spacial score (nSPS) is 11.1. The van der Waals surface area contributed by atoms with E-state index in [4.69, 9.17) is 4.74 Å². The summed E-state index contributed by atoms with van der Waals surface area (Å²) in [6.07, 6.45) is 2.24. The van der Waals surface area contributed by atoms with Gasteiger partial charge in [-0.25, -0.2) is 4.79 Å². The predicted molar refractivity (Wildman–Crippen MR) is 62.5 cm³/mol. The number of carbonyl (C=O) groups excluding carboxylic acids is 1. The van der Waals surface area contributed by atoms with Crippen molar-refractivity contribution in [2.75, 3.05) is 14.2 Å². The average Bonchev–Trinajstić information content (AvgIpc) is 2.29. The quantitative estimate of drug-likeness (QED) is 0.577. The SMILES string of the molecule is COC(=O)/C=C(/C)Cc1ccc(OC)cc1. The lowest BCUT2D eigenvalue weighted by atomic mass is 10.1. The molecule has 0 fully saturated rings. The number of hydrogen-bond donors (Lipinski definition) is 0. The average molecular weight is 220 g/mol. The van der Waals surface area contributed by atoms with E-state index in [9.17, 15) is 4.79 Å². The van der Waals surface area contributed by atoms with Gasteiger partial charge in [-0.2, -0.15) is 0 Å². The van der Waals surface area contributed by atoms with Crippen molar-refractivity contribution in [3.05, 3.63) is 41.5 Å². The molecule has 0 heterocycles. The molecule has 0 aliphatic carbocycles. The van der Waals surface area contributed by atoms with Crippen LogP contribution in [0.25, 0.3) is 0 Å². The predicted octanol–water partition coefficient (Wildman–Crippen LogP) is 2.36. The van der Waals surface area contributed by atoms with Crippen molar-refractivity contribution in [3.63, 3.8) is 0 Å². The van der Waals surface area contributed by atoms with Gasteiger partial charge in [-0.3, -0.25) is 0 Å². The largest absolute Gasteiger partial charge is 0.497 e. The monoisotopic (exact) mass is 220 g/mol. The molecule has 0 N–H and O–H groups in total. The van der Waals surface area contributed by atoms with Gasteiger partial charge in [0, 0.05) is 6.08 Å². The summed E-state index contributed by atoms with van der Waals surface area (Å²) < 4.78 is 9.63. The van der Waals surface area contributed by atoms with Crippen LogP contribution in [0.2, 0.25) is 0 Å². The Bertz CT molecular complexity index is 377. The summed E-state index contributed by atoms with van der Waals surface area (Å²) in [5.41, 5.74) is 2.11. The number of ether oxygens (including phenoxy) is 2. The van der Waals surface area contributed by atoms with Gasteiger partial charge in [0.05, 0.1) is 14.2 Å². The Balaban J connectivity index is 2.66. The Hall–Kier alpha value is -1.77. The van der Waals surface area contributed by atoms with Gasteiger partial charge < -0.3 is 9.47 Å². The third-order valence-corrected chi connectivity index (χ3v) is 2.21. The summed E-state index contributed by atoms with van der Waals surface area (Å²) in [5, 5.41) is 0. The number of carbonyl (C=O) groups is 1. The summed E-state index contributed by atoms with van der Waals surface area (Å²) in [6, 6.07) is 7.77. The molecule has 0 aromatic heterocycles. The molecule has 0 spiro atoms. The Labute approximate surface area is 95.7 Å². The van der Waals surface area contributed by atoms with Crippen LogP contribution < -0.4 is 4.74 Å². The molecule has 3 heteroatoms. The highest BCUT2D eigenvalue weighted by molar-refractivity contribution is 5.82. The zero-order chi connectivity index (χ0) is 12.0. The first kappa shape index (κ1) is 12.3. The van der Waals surface area contributed by atoms with Crippen LogP contribution >= 0.6 is 0 Å². The molecule has 1 aromatic rings. The molecule has 0 amide bonds. The fourth-order valence-electron chi connectivity index (χ4n) is 1.38. The molecular formula is C13H16O3. The van der Waals surface area contributed by atoms with Crippen LogP contribution in [-0.4, -0.2) is 20.2 Å². The molecule has 1 rings (SSSR count). The van der Waals surface area contributed by atoms with Crippen molar-refractivity contribution in [2.24, 2.45) is 0 Å². The second kappa shape index (κ2) is 5.95. The molecule has 0 aliphatic rings. The highest BCUT2D eigenvalue weighted by Gasteiger charge is 1.99. The molecule has 0 radical (unpaired) electrons. The van der Waals surface area contributed by atoms with Gasteiger partial charge in [0.15, 0.2) is 0 Å². The second-order valence-electron chi connectivity index (χ2n) is 3.54. The van der Waals surface area contributed by atoms with Crippen molar-refractivity contribution < 1.29 is 14.3 Å². The van der Waals surface area contributed by atoms with Crippen LogP contribution in [0.15, 0.2) is 35.9 Å². The maximum Gasteiger partial charge on any atom is 0.330 e. The number of esters is 1. The minimum absolute atomic E-state index is 0.314. The molecule has 16 heavy (non-hydrogen) atoms. The molecule has 0 bridgehead atoms. The molecule has 0 aliphatic heterocycles. The van der Waals surface area contributed by atoms with E-state index >= 15 is 0 Å². The molecule has 0 saturated carbocycles. The summed E-state index contributed by atoms with van der Waals surface area (Å²) in [7, 11) is 3.01. The fraction of sp³-hybridized carbons (Fsp3) is 0.308. The Morgan fingerprint density at radius 2 is 1.88 bits per heavy atom. The number of hydrogen-bond acceptors (Lipinski definition) is 3. The fourth-order valence-corrected chi connectivity index (χ4v) is 1.38. The van der Waals surface area contributed by atoms with Crippen molar-refractivity contribution in [1.29, 1.82) is 0 Å². The zero-order valence-electron chi connectivity index (χ0n) is 9.82. The minimum atomic E-state index is -0.314. The lowest BCUT2D eigenvalue weighted by Crippen LogP contribution is -1.97. The van der Waals surface area contributed by atoms with Crippen LogP contribution in [0, 0.1) is 0 Å². The van der Waals surface area contributed by atoms with Crippen LogP contribution in [0.3, 0.4) is 0 Å². The molecular weight excluding hydrogens is 204 g/mol. The van der Waals surface area contributed by atoms with E-state index in [-0.39, 0.29) is 5.97 Å². The first-order chi connectivity index (χ1) is 7.65. The molecule has 1 aromatic carbocycles. The van der Waals surface area contributed by atoms with Gasteiger partial charge in [-0.05, 0) is 31.0 Å². The standard InChI is InChI=1S/C13H16O3/c1-10(9-13(14)16-3)8-11-4-6-12(15-2)7-5-11/h4-7,9H,8H2,1-3H3/b10-9-. The topological polar surface area (TPSA) is 35.5 Å². The van der Waals surface area contributed by atoms with Crippen molar-refractivity contribution in [3.8, 4) is 5.75 Å². The molecule has 86 valence electrons. The van der Waals surface area contributed by atoms with Gasteiger partial charge in [0.25, 0.3) is 0 Å². The molecule has 0 unspecified atom stereocenters.